The van der Waals surface area contributed by atoms with Gasteiger partial charge < -0.3 is 20.5 Å². The van der Waals surface area contributed by atoms with Crippen molar-refractivity contribution >= 4 is 5.91 Å². The number of methoxy groups -OCH3 is 1. The molecule has 0 aromatic rings. The first-order valence-corrected chi connectivity index (χ1v) is 7.45. The number of rotatable bonds is 11. The summed E-state index contributed by atoms with van der Waals surface area (Å²) in [5.41, 5.74) is 5.84. The van der Waals surface area contributed by atoms with Crippen molar-refractivity contribution in [1.82, 2.24) is 5.32 Å². The highest BCUT2D eigenvalue weighted by atomic mass is 16.5. The molecule has 0 heterocycles. The van der Waals surface area contributed by atoms with Crippen molar-refractivity contribution in [1.29, 1.82) is 0 Å². The molecule has 0 saturated heterocycles. The van der Waals surface area contributed by atoms with Gasteiger partial charge in [-0.1, -0.05) is 20.8 Å². The van der Waals surface area contributed by atoms with Crippen molar-refractivity contribution in [3.05, 3.63) is 0 Å². The molecule has 120 valence electrons. The summed E-state index contributed by atoms with van der Waals surface area (Å²) < 4.78 is 10.2. The second-order valence-corrected chi connectivity index (χ2v) is 6.13. The molecule has 1 atom stereocenters. The van der Waals surface area contributed by atoms with Gasteiger partial charge in [0.25, 0.3) is 0 Å². The molecule has 0 saturated carbocycles. The Labute approximate surface area is 123 Å². The standard InChI is InChI=1S/C15H32N2O3/c1-15(2,3)13(7-8-16)5-6-14(18)17-9-10-20-12-11-19-4/h13H,5-12,16H2,1-4H3,(H,17,18). The van der Waals surface area contributed by atoms with Gasteiger partial charge in [-0.15, -0.1) is 0 Å². The topological polar surface area (TPSA) is 73.6 Å². The van der Waals surface area contributed by atoms with Crippen LogP contribution in [0.1, 0.15) is 40.0 Å². The molecule has 0 aliphatic carbocycles. The van der Waals surface area contributed by atoms with Crippen molar-refractivity contribution in [3.63, 3.8) is 0 Å². The molecule has 1 unspecified atom stereocenters. The van der Waals surface area contributed by atoms with Crippen LogP contribution in [0.25, 0.3) is 0 Å². The number of hydrogen-bond acceptors (Lipinski definition) is 4. The van der Waals surface area contributed by atoms with Crippen LogP contribution < -0.4 is 11.1 Å². The van der Waals surface area contributed by atoms with Gasteiger partial charge >= 0.3 is 0 Å². The first kappa shape index (κ1) is 19.4. The highest BCUT2D eigenvalue weighted by molar-refractivity contribution is 5.75. The Morgan fingerprint density at radius 3 is 2.45 bits per heavy atom. The Morgan fingerprint density at radius 1 is 1.20 bits per heavy atom. The molecule has 0 spiro atoms. The zero-order valence-electron chi connectivity index (χ0n) is 13.5. The van der Waals surface area contributed by atoms with Crippen molar-refractivity contribution in [2.75, 3.05) is 40.0 Å². The third-order valence-electron chi connectivity index (χ3n) is 3.46. The molecular formula is C15H32N2O3. The molecule has 0 bridgehead atoms. The summed E-state index contributed by atoms with van der Waals surface area (Å²) >= 11 is 0. The van der Waals surface area contributed by atoms with Gasteiger partial charge in [0.2, 0.25) is 5.91 Å². The third-order valence-corrected chi connectivity index (χ3v) is 3.46. The van der Waals surface area contributed by atoms with E-state index < -0.39 is 0 Å². The fourth-order valence-corrected chi connectivity index (χ4v) is 2.11. The zero-order chi connectivity index (χ0) is 15.4. The van der Waals surface area contributed by atoms with Crippen molar-refractivity contribution < 1.29 is 14.3 Å². The van der Waals surface area contributed by atoms with E-state index in [2.05, 4.69) is 26.1 Å². The molecular weight excluding hydrogens is 256 g/mol. The Balaban J connectivity index is 3.74. The fourth-order valence-electron chi connectivity index (χ4n) is 2.11. The van der Waals surface area contributed by atoms with Gasteiger partial charge in [-0.25, -0.2) is 0 Å². The quantitative estimate of drug-likeness (QED) is 0.566. The average molecular weight is 288 g/mol. The lowest BCUT2D eigenvalue weighted by atomic mass is 9.76. The van der Waals surface area contributed by atoms with Crippen LogP contribution in [0.5, 0.6) is 0 Å². The number of carbonyl (C=O) groups excluding carboxylic acids is 1. The number of hydrogen-bond donors (Lipinski definition) is 2. The van der Waals surface area contributed by atoms with Crippen LogP contribution in [-0.2, 0) is 14.3 Å². The van der Waals surface area contributed by atoms with Gasteiger partial charge in [0.15, 0.2) is 0 Å². The number of carbonyl (C=O) groups is 1. The third kappa shape index (κ3) is 10.2. The minimum atomic E-state index is 0.0895. The minimum absolute atomic E-state index is 0.0895. The van der Waals surface area contributed by atoms with Gasteiger partial charge in [-0.2, -0.15) is 0 Å². The van der Waals surface area contributed by atoms with E-state index in [1.54, 1.807) is 7.11 Å². The lowest BCUT2D eigenvalue weighted by molar-refractivity contribution is -0.121. The molecule has 0 aliphatic heterocycles. The summed E-state index contributed by atoms with van der Waals surface area (Å²) in [7, 11) is 1.64. The molecule has 5 heteroatoms. The van der Waals surface area contributed by atoms with E-state index in [9.17, 15) is 4.79 Å². The fraction of sp³-hybridized carbons (Fsp3) is 0.933. The number of nitrogens with two attached hydrogens (primary N) is 1. The second-order valence-electron chi connectivity index (χ2n) is 6.13. The van der Waals surface area contributed by atoms with E-state index in [0.29, 0.717) is 45.2 Å². The summed E-state index contributed by atoms with van der Waals surface area (Å²) in [6.07, 6.45) is 2.41. The average Bonchev–Trinajstić information content (AvgIpc) is 2.37. The molecule has 0 aromatic heterocycles. The number of ether oxygens (including phenoxy) is 2. The maximum absolute atomic E-state index is 11.7. The summed E-state index contributed by atoms with van der Waals surface area (Å²) in [4.78, 5) is 11.7. The summed E-state index contributed by atoms with van der Waals surface area (Å²) in [5.74, 6) is 0.572. The maximum atomic E-state index is 11.7. The predicted octanol–water partition coefficient (Wildman–Crippen LogP) is 1.56. The highest BCUT2D eigenvalue weighted by Gasteiger charge is 2.24. The summed E-state index contributed by atoms with van der Waals surface area (Å²) in [6.45, 7) is 9.52. The van der Waals surface area contributed by atoms with Crippen LogP contribution in [0.2, 0.25) is 0 Å². The van der Waals surface area contributed by atoms with Crippen LogP contribution in [0.4, 0.5) is 0 Å². The van der Waals surface area contributed by atoms with E-state index in [1.165, 1.54) is 0 Å². The lowest BCUT2D eigenvalue weighted by Crippen LogP contribution is -2.30. The first-order valence-electron chi connectivity index (χ1n) is 7.45. The molecule has 5 nitrogen and oxygen atoms in total. The Kier molecular flexibility index (Phi) is 10.7. The summed E-state index contributed by atoms with van der Waals surface area (Å²) in [6, 6.07) is 0. The normalized spacial score (nSPS) is 13.2. The second kappa shape index (κ2) is 11.1. The lowest BCUT2D eigenvalue weighted by Gasteiger charge is -2.30. The van der Waals surface area contributed by atoms with Gasteiger partial charge in [-0.05, 0) is 30.7 Å². The monoisotopic (exact) mass is 288 g/mol. The van der Waals surface area contributed by atoms with E-state index in [4.69, 9.17) is 15.2 Å². The maximum Gasteiger partial charge on any atom is 0.220 e. The SMILES string of the molecule is COCCOCCNC(=O)CCC(CCN)C(C)(C)C. The van der Waals surface area contributed by atoms with E-state index in [-0.39, 0.29) is 11.3 Å². The molecule has 3 N–H and O–H groups in total. The Hall–Kier alpha value is -0.650. The van der Waals surface area contributed by atoms with E-state index in [0.717, 1.165) is 12.8 Å². The van der Waals surface area contributed by atoms with Crippen LogP contribution in [-0.4, -0.2) is 45.9 Å². The first-order chi connectivity index (χ1) is 9.41. The van der Waals surface area contributed by atoms with Crippen molar-refractivity contribution in [3.8, 4) is 0 Å². The Bertz CT molecular complexity index is 252. The summed E-state index contributed by atoms with van der Waals surface area (Å²) in [5, 5.41) is 2.87. The molecule has 0 radical (unpaired) electrons. The van der Waals surface area contributed by atoms with E-state index >= 15 is 0 Å². The number of amides is 1. The minimum Gasteiger partial charge on any atom is -0.382 e. The smallest absolute Gasteiger partial charge is 0.220 e. The highest BCUT2D eigenvalue weighted by Crippen LogP contribution is 2.31. The molecule has 0 fully saturated rings. The predicted molar refractivity (Wildman–Crippen MR) is 81.6 cm³/mol. The van der Waals surface area contributed by atoms with Crippen LogP contribution in [0.3, 0.4) is 0 Å². The van der Waals surface area contributed by atoms with Crippen LogP contribution in [0, 0.1) is 11.3 Å². The molecule has 1 amide bonds. The molecule has 0 aromatic carbocycles. The number of nitrogens with one attached hydrogen (secondary N) is 1. The molecule has 20 heavy (non-hydrogen) atoms. The van der Waals surface area contributed by atoms with Crippen molar-refractivity contribution in [2.24, 2.45) is 17.1 Å². The van der Waals surface area contributed by atoms with Gasteiger partial charge in [0.1, 0.15) is 0 Å². The molecule has 0 rings (SSSR count). The zero-order valence-corrected chi connectivity index (χ0v) is 13.5. The largest absolute Gasteiger partial charge is 0.382 e. The Morgan fingerprint density at radius 2 is 1.90 bits per heavy atom. The van der Waals surface area contributed by atoms with Crippen molar-refractivity contribution in [2.45, 2.75) is 40.0 Å². The van der Waals surface area contributed by atoms with Gasteiger partial charge in [0.05, 0.1) is 19.8 Å². The van der Waals surface area contributed by atoms with Gasteiger partial charge in [0, 0.05) is 20.1 Å². The van der Waals surface area contributed by atoms with Crippen LogP contribution in [0.15, 0.2) is 0 Å². The van der Waals surface area contributed by atoms with Crippen LogP contribution >= 0.6 is 0 Å². The van der Waals surface area contributed by atoms with Gasteiger partial charge in [-0.3, -0.25) is 4.79 Å². The van der Waals surface area contributed by atoms with E-state index in [1.807, 2.05) is 0 Å². The molecule has 0 aliphatic rings.